The number of hydrogen-bond acceptors (Lipinski definition) is 4. The number of hydrogen-bond donors (Lipinski definition) is 2. The second-order valence-electron chi connectivity index (χ2n) is 4.56. The quantitative estimate of drug-likeness (QED) is 0.718. The number of methoxy groups -OCH3 is 1. The van der Waals surface area contributed by atoms with Crippen molar-refractivity contribution in [3.8, 4) is 0 Å². The van der Waals surface area contributed by atoms with Gasteiger partial charge in [0.05, 0.1) is 13.2 Å². The van der Waals surface area contributed by atoms with Gasteiger partial charge in [-0.15, -0.1) is 0 Å². The molecule has 2 N–H and O–H groups in total. The average Bonchev–Trinajstić information content (AvgIpc) is 2.92. The van der Waals surface area contributed by atoms with Gasteiger partial charge in [-0.05, 0) is 12.1 Å². The summed E-state index contributed by atoms with van der Waals surface area (Å²) < 4.78 is 6.80. The molecule has 0 fully saturated rings. The topological polar surface area (TPSA) is 68.2 Å². The lowest BCUT2D eigenvalue weighted by Crippen LogP contribution is -2.24. The van der Waals surface area contributed by atoms with Crippen molar-refractivity contribution in [2.45, 2.75) is 13.1 Å². The molecule has 0 aliphatic rings. The van der Waals surface area contributed by atoms with E-state index in [4.69, 9.17) is 4.74 Å². The Morgan fingerprint density at radius 1 is 1.33 bits per heavy atom. The number of imidazole rings is 1. The minimum Gasteiger partial charge on any atom is -0.383 e. The van der Waals surface area contributed by atoms with Crippen LogP contribution >= 0.6 is 0 Å². The van der Waals surface area contributed by atoms with Crippen molar-refractivity contribution in [1.82, 2.24) is 14.9 Å². The second-order valence-corrected chi connectivity index (χ2v) is 4.56. The third-order valence-corrected chi connectivity index (χ3v) is 2.94. The number of para-hydroxylation sites is 1. The predicted octanol–water partition coefficient (Wildman–Crippen LogP) is 1.26. The Balaban J connectivity index is 1.85. The average molecular weight is 288 g/mol. The number of benzene rings is 1. The molecule has 0 atom stereocenters. The lowest BCUT2D eigenvalue weighted by atomic mass is 10.3. The Hall–Kier alpha value is -2.18. The van der Waals surface area contributed by atoms with E-state index in [-0.39, 0.29) is 12.5 Å². The molecular formula is C15H20N4O2. The molecule has 2 aromatic rings. The first-order valence-corrected chi connectivity index (χ1v) is 6.84. The molecule has 0 spiro atoms. The Bertz CT molecular complexity index is 554. The van der Waals surface area contributed by atoms with Crippen LogP contribution in [0.25, 0.3) is 0 Å². The summed E-state index contributed by atoms with van der Waals surface area (Å²) >= 11 is 0. The Kier molecular flexibility index (Phi) is 5.93. The molecular weight excluding hydrogens is 268 g/mol. The molecule has 0 bridgehead atoms. The zero-order chi connectivity index (χ0) is 14.9. The number of carbonyl (C=O) groups excluding carboxylic acids is 1. The molecule has 21 heavy (non-hydrogen) atoms. The Morgan fingerprint density at radius 2 is 2.14 bits per heavy atom. The number of rotatable bonds is 8. The highest BCUT2D eigenvalue weighted by Gasteiger charge is 2.07. The molecule has 1 aromatic heterocycles. The highest BCUT2D eigenvalue weighted by molar-refractivity contribution is 5.90. The van der Waals surface area contributed by atoms with Crippen molar-refractivity contribution >= 4 is 11.6 Å². The molecule has 112 valence electrons. The summed E-state index contributed by atoms with van der Waals surface area (Å²) in [6, 6.07) is 9.41. The van der Waals surface area contributed by atoms with E-state index in [2.05, 4.69) is 15.6 Å². The van der Waals surface area contributed by atoms with Crippen molar-refractivity contribution in [3.63, 3.8) is 0 Å². The van der Waals surface area contributed by atoms with Crippen LogP contribution < -0.4 is 10.6 Å². The van der Waals surface area contributed by atoms with E-state index in [1.54, 1.807) is 19.5 Å². The van der Waals surface area contributed by atoms with Crippen LogP contribution in [0.3, 0.4) is 0 Å². The number of anilines is 1. The summed E-state index contributed by atoms with van der Waals surface area (Å²) in [5, 5.41) is 6.07. The van der Waals surface area contributed by atoms with Crippen LogP contribution in [0.2, 0.25) is 0 Å². The minimum atomic E-state index is -0.0719. The lowest BCUT2D eigenvalue weighted by molar-refractivity contribution is -0.116. The molecule has 1 amide bonds. The lowest BCUT2D eigenvalue weighted by Gasteiger charge is -2.09. The molecule has 0 unspecified atom stereocenters. The van der Waals surface area contributed by atoms with Crippen LogP contribution in [0.5, 0.6) is 0 Å². The van der Waals surface area contributed by atoms with Crippen molar-refractivity contribution in [2.75, 3.05) is 25.6 Å². The van der Waals surface area contributed by atoms with Crippen molar-refractivity contribution in [2.24, 2.45) is 0 Å². The van der Waals surface area contributed by atoms with Crippen LogP contribution in [-0.4, -0.2) is 35.7 Å². The fraction of sp³-hybridized carbons (Fsp3) is 0.333. The molecule has 0 saturated heterocycles. The Morgan fingerprint density at radius 3 is 2.90 bits per heavy atom. The molecule has 1 aromatic carbocycles. The number of aromatic nitrogens is 2. The highest BCUT2D eigenvalue weighted by Crippen LogP contribution is 2.05. The summed E-state index contributed by atoms with van der Waals surface area (Å²) in [5.74, 6) is 0.756. The second kappa shape index (κ2) is 8.18. The molecule has 0 saturated carbocycles. The Labute approximate surface area is 124 Å². The standard InChI is InChI=1S/C15H20N4O2/c1-21-10-8-16-11-14-17-7-9-19(14)12-15(20)18-13-5-3-2-4-6-13/h2-7,9,16H,8,10-12H2,1H3,(H,18,20). The van der Waals surface area contributed by atoms with Crippen LogP contribution in [0.15, 0.2) is 42.7 Å². The highest BCUT2D eigenvalue weighted by atomic mass is 16.5. The molecule has 6 nitrogen and oxygen atoms in total. The van der Waals surface area contributed by atoms with Gasteiger partial charge >= 0.3 is 0 Å². The van der Waals surface area contributed by atoms with Gasteiger partial charge < -0.3 is 19.9 Å². The van der Waals surface area contributed by atoms with Crippen molar-refractivity contribution < 1.29 is 9.53 Å². The normalized spacial score (nSPS) is 10.5. The number of amides is 1. The largest absolute Gasteiger partial charge is 0.383 e. The van der Waals surface area contributed by atoms with Gasteiger partial charge in [0, 0.05) is 31.7 Å². The zero-order valence-electron chi connectivity index (χ0n) is 12.1. The van der Waals surface area contributed by atoms with Gasteiger partial charge in [0.1, 0.15) is 12.4 Å². The maximum absolute atomic E-state index is 12.0. The number of nitrogens with zero attached hydrogens (tertiary/aromatic N) is 2. The number of nitrogens with one attached hydrogen (secondary N) is 2. The first-order chi connectivity index (χ1) is 10.3. The van der Waals surface area contributed by atoms with E-state index >= 15 is 0 Å². The zero-order valence-corrected chi connectivity index (χ0v) is 12.1. The van der Waals surface area contributed by atoms with Crippen molar-refractivity contribution in [1.29, 1.82) is 0 Å². The summed E-state index contributed by atoms with van der Waals surface area (Å²) in [6.07, 6.45) is 3.50. The first-order valence-electron chi connectivity index (χ1n) is 6.84. The van der Waals surface area contributed by atoms with E-state index < -0.39 is 0 Å². The fourth-order valence-corrected chi connectivity index (χ4v) is 1.90. The van der Waals surface area contributed by atoms with Gasteiger partial charge in [0.15, 0.2) is 0 Å². The maximum atomic E-state index is 12.0. The van der Waals surface area contributed by atoms with Crippen LogP contribution in [-0.2, 0) is 22.6 Å². The first kappa shape index (κ1) is 15.2. The fourth-order valence-electron chi connectivity index (χ4n) is 1.90. The van der Waals surface area contributed by atoms with Gasteiger partial charge in [-0.25, -0.2) is 4.98 Å². The molecule has 0 radical (unpaired) electrons. The van der Waals surface area contributed by atoms with Gasteiger partial charge in [-0.1, -0.05) is 18.2 Å². The summed E-state index contributed by atoms with van der Waals surface area (Å²) in [5.41, 5.74) is 0.794. The maximum Gasteiger partial charge on any atom is 0.244 e. The summed E-state index contributed by atoms with van der Waals surface area (Å²) in [6.45, 7) is 2.25. The molecule has 0 aliphatic carbocycles. The molecule has 6 heteroatoms. The monoisotopic (exact) mass is 288 g/mol. The number of carbonyl (C=O) groups is 1. The summed E-state index contributed by atoms with van der Waals surface area (Å²) in [4.78, 5) is 16.3. The third kappa shape index (κ3) is 5.02. The van der Waals surface area contributed by atoms with E-state index in [0.717, 1.165) is 18.1 Å². The van der Waals surface area contributed by atoms with Gasteiger partial charge in [-0.2, -0.15) is 0 Å². The predicted molar refractivity (Wildman–Crippen MR) is 80.9 cm³/mol. The van der Waals surface area contributed by atoms with Gasteiger partial charge in [0.25, 0.3) is 0 Å². The molecule has 2 rings (SSSR count). The van der Waals surface area contributed by atoms with Gasteiger partial charge in [-0.3, -0.25) is 4.79 Å². The van der Waals surface area contributed by atoms with Crippen molar-refractivity contribution in [3.05, 3.63) is 48.5 Å². The third-order valence-electron chi connectivity index (χ3n) is 2.94. The van der Waals surface area contributed by atoms with Gasteiger partial charge in [0.2, 0.25) is 5.91 Å². The molecule has 0 aliphatic heterocycles. The minimum absolute atomic E-state index is 0.0719. The van der Waals surface area contributed by atoms with E-state index in [1.807, 2.05) is 34.9 Å². The van der Waals surface area contributed by atoms with Crippen LogP contribution in [0.4, 0.5) is 5.69 Å². The summed E-state index contributed by atoms with van der Waals surface area (Å²) in [7, 11) is 1.66. The van der Waals surface area contributed by atoms with Crippen LogP contribution in [0, 0.1) is 0 Å². The van der Waals surface area contributed by atoms with E-state index in [9.17, 15) is 4.79 Å². The SMILES string of the molecule is COCCNCc1nccn1CC(=O)Nc1ccccc1. The van der Waals surface area contributed by atoms with E-state index in [1.165, 1.54) is 0 Å². The smallest absolute Gasteiger partial charge is 0.244 e. The number of ether oxygens (including phenoxy) is 1. The van der Waals surface area contributed by atoms with Crippen LogP contribution in [0.1, 0.15) is 5.82 Å². The molecule has 1 heterocycles. The van der Waals surface area contributed by atoms with E-state index in [0.29, 0.717) is 13.2 Å².